The van der Waals surface area contributed by atoms with E-state index in [1.165, 1.54) is 73.6 Å². The molecule has 2 heterocycles. The second-order valence-electron chi connectivity index (χ2n) is 14.8. The molecule has 2 aromatic heterocycles. The number of ether oxygens (including phenoxy) is 1. The Balaban J connectivity index is 1.27. The summed E-state index contributed by atoms with van der Waals surface area (Å²) in [5, 5.41) is 0. The summed E-state index contributed by atoms with van der Waals surface area (Å²) in [7, 11) is 0. The van der Waals surface area contributed by atoms with Crippen molar-refractivity contribution in [2.24, 2.45) is 0 Å². The molecule has 55 heavy (non-hydrogen) atoms. The summed E-state index contributed by atoms with van der Waals surface area (Å²) >= 11 is 0. The molecule has 5 heteroatoms. The zero-order chi connectivity index (χ0) is 38.2. The maximum atomic E-state index is 7.17. The fourth-order valence-corrected chi connectivity index (χ4v) is 7.07. The van der Waals surface area contributed by atoms with Gasteiger partial charge < -0.3 is 4.74 Å². The van der Waals surface area contributed by atoms with Crippen molar-refractivity contribution in [1.82, 2.24) is 19.9 Å². The third-order valence-electron chi connectivity index (χ3n) is 10.7. The van der Waals surface area contributed by atoms with E-state index in [4.69, 9.17) is 24.7 Å². The molecule has 0 N–H and O–H groups in total. The van der Waals surface area contributed by atoms with Crippen LogP contribution in [0.5, 0.6) is 0 Å². The van der Waals surface area contributed by atoms with Crippen LogP contribution >= 0.6 is 0 Å². The zero-order valence-electron chi connectivity index (χ0n) is 33.4. The van der Waals surface area contributed by atoms with Crippen molar-refractivity contribution in [2.45, 2.75) is 117 Å². The molecule has 0 radical (unpaired) electrons. The highest BCUT2D eigenvalue weighted by Gasteiger charge is 2.26. The predicted molar refractivity (Wildman–Crippen MR) is 227 cm³/mol. The molecule has 284 valence electrons. The number of unbranched alkanes of at least 4 members (excludes halogenated alkanes) is 6. The molecule has 2 unspecified atom stereocenters. The van der Waals surface area contributed by atoms with Gasteiger partial charge in [-0.3, -0.25) is 19.9 Å². The van der Waals surface area contributed by atoms with E-state index in [1.807, 2.05) is 24.8 Å². The van der Waals surface area contributed by atoms with Crippen molar-refractivity contribution < 1.29 is 4.74 Å². The van der Waals surface area contributed by atoms with Crippen LogP contribution < -0.4 is 0 Å². The SMILES string of the molecule is CCCCCCc1ccc(-c2cnc(C(OC(c3ccc(CC)cc3)c3cnc(-c4ccc(CCCCCC)cc4)cn3)c3ccc(CC)cc3)cn2)cc1. The average Bonchev–Trinajstić information content (AvgIpc) is 3.25. The summed E-state index contributed by atoms with van der Waals surface area (Å²) in [6.45, 7) is 8.86. The minimum absolute atomic E-state index is 0.486. The quantitative estimate of drug-likeness (QED) is 0.0732. The van der Waals surface area contributed by atoms with Crippen LogP contribution in [0.25, 0.3) is 22.5 Å². The van der Waals surface area contributed by atoms with Gasteiger partial charge in [-0.25, -0.2) is 0 Å². The van der Waals surface area contributed by atoms with E-state index in [1.54, 1.807) is 0 Å². The summed E-state index contributed by atoms with van der Waals surface area (Å²) < 4.78 is 7.17. The molecular weight excluding hydrogens is 673 g/mol. The van der Waals surface area contributed by atoms with Crippen LogP contribution in [0.15, 0.2) is 122 Å². The summed E-state index contributed by atoms with van der Waals surface area (Å²) in [6.07, 6.45) is 20.8. The van der Waals surface area contributed by atoms with E-state index < -0.39 is 12.2 Å². The number of aryl methyl sites for hydroxylation is 4. The summed E-state index contributed by atoms with van der Waals surface area (Å²) in [5.41, 5.74) is 12.6. The van der Waals surface area contributed by atoms with Crippen LogP contribution in [0, 0.1) is 0 Å². The normalized spacial score (nSPS) is 12.4. The van der Waals surface area contributed by atoms with Crippen LogP contribution in [-0.2, 0) is 30.4 Å². The molecule has 0 amide bonds. The molecule has 6 rings (SSSR count). The fraction of sp³-hybridized carbons (Fsp3) is 0.360. The molecule has 2 atom stereocenters. The lowest BCUT2D eigenvalue weighted by molar-refractivity contribution is 0.0258. The van der Waals surface area contributed by atoms with Gasteiger partial charge in [0.2, 0.25) is 0 Å². The lowest BCUT2D eigenvalue weighted by atomic mass is 10.0. The first-order chi connectivity index (χ1) is 27.1. The molecule has 0 fully saturated rings. The van der Waals surface area contributed by atoms with E-state index in [0.717, 1.165) is 70.7 Å². The van der Waals surface area contributed by atoms with Gasteiger partial charge in [-0.15, -0.1) is 0 Å². The van der Waals surface area contributed by atoms with Gasteiger partial charge in [0.25, 0.3) is 0 Å². The maximum Gasteiger partial charge on any atom is 0.127 e. The fourth-order valence-electron chi connectivity index (χ4n) is 7.07. The van der Waals surface area contributed by atoms with Gasteiger partial charge >= 0.3 is 0 Å². The highest BCUT2D eigenvalue weighted by atomic mass is 16.5. The average molecular weight is 731 g/mol. The van der Waals surface area contributed by atoms with Crippen LogP contribution in [0.3, 0.4) is 0 Å². The predicted octanol–water partition coefficient (Wildman–Crippen LogP) is 12.9. The second kappa shape index (κ2) is 20.6. The van der Waals surface area contributed by atoms with Gasteiger partial charge in [0.1, 0.15) is 12.2 Å². The Morgan fingerprint density at radius 2 is 0.782 bits per heavy atom. The number of hydrogen-bond donors (Lipinski definition) is 0. The molecule has 0 aliphatic carbocycles. The maximum absolute atomic E-state index is 7.17. The van der Waals surface area contributed by atoms with Gasteiger partial charge in [-0.1, -0.05) is 163 Å². The lowest BCUT2D eigenvalue weighted by Crippen LogP contribution is -2.16. The Kier molecular flexibility index (Phi) is 14.9. The van der Waals surface area contributed by atoms with Crippen molar-refractivity contribution in [3.05, 3.63) is 167 Å². The Bertz CT molecular complexity index is 1840. The van der Waals surface area contributed by atoms with Gasteiger partial charge in [-0.05, 0) is 71.9 Å². The number of rotatable bonds is 20. The third kappa shape index (κ3) is 11.0. The number of benzene rings is 4. The summed E-state index contributed by atoms with van der Waals surface area (Å²) in [5.74, 6) is 0. The monoisotopic (exact) mass is 730 g/mol. The minimum atomic E-state index is -0.486. The Morgan fingerprint density at radius 3 is 1.11 bits per heavy atom. The van der Waals surface area contributed by atoms with Gasteiger partial charge in [-0.2, -0.15) is 0 Å². The zero-order valence-corrected chi connectivity index (χ0v) is 33.4. The Hall–Kier alpha value is -5.00. The molecule has 0 aliphatic rings. The highest BCUT2D eigenvalue weighted by molar-refractivity contribution is 5.59. The van der Waals surface area contributed by atoms with Crippen molar-refractivity contribution in [2.75, 3.05) is 0 Å². The number of nitrogens with zero attached hydrogens (tertiary/aromatic N) is 4. The van der Waals surface area contributed by atoms with Crippen LogP contribution in [0.2, 0.25) is 0 Å². The molecule has 6 aromatic rings. The molecule has 4 aromatic carbocycles. The number of hydrogen-bond acceptors (Lipinski definition) is 5. The van der Waals surface area contributed by atoms with Crippen molar-refractivity contribution >= 4 is 0 Å². The highest BCUT2D eigenvalue weighted by Crippen LogP contribution is 2.36. The first-order valence-electron chi connectivity index (χ1n) is 20.7. The first-order valence-corrected chi connectivity index (χ1v) is 20.7. The molecule has 5 nitrogen and oxygen atoms in total. The molecule has 0 spiro atoms. The van der Waals surface area contributed by atoms with Crippen molar-refractivity contribution in [1.29, 1.82) is 0 Å². The molecule has 0 aliphatic heterocycles. The van der Waals surface area contributed by atoms with Crippen molar-refractivity contribution in [3.63, 3.8) is 0 Å². The Labute approximate surface area is 329 Å². The van der Waals surface area contributed by atoms with Crippen molar-refractivity contribution in [3.8, 4) is 22.5 Å². The number of aromatic nitrogens is 4. The molecular formula is C50H58N4O. The Morgan fingerprint density at radius 1 is 0.400 bits per heavy atom. The lowest BCUT2D eigenvalue weighted by Gasteiger charge is -2.25. The molecule has 0 saturated carbocycles. The van der Waals surface area contributed by atoms with E-state index >= 15 is 0 Å². The third-order valence-corrected chi connectivity index (χ3v) is 10.7. The molecule has 0 bridgehead atoms. The summed E-state index contributed by atoms with van der Waals surface area (Å²) in [4.78, 5) is 19.9. The van der Waals surface area contributed by atoms with Crippen LogP contribution in [0.1, 0.15) is 136 Å². The summed E-state index contributed by atoms with van der Waals surface area (Å²) in [6, 6.07) is 34.9. The van der Waals surface area contributed by atoms with Gasteiger partial charge in [0.15, 0.2) is 0 Å². The van der Waals surface area contributed by atoms with Gasteiger partial charge in [0.05, 0.1) is 47.6 Å². The standard InChI is InChI=1S/C50H58N4O/c1-5-9-11-13-15-39-21-25-41(26-22-39)45-33-53-47(35-51-45)49(43-29-17-37(7-3)18-30-43)55-50(44-31-19-38(8-4)20-32-44)48-36-52-46(34-54-48)42-27-23-40(24-28-42)16-14-12-10-6-2/h17-36,49-50H,5-16H2,1-4H3. The van der Waals surface area contributed by atoms with Crippen LogP contribution in [0.4, 0.5) is 0 Å². The van der Waals surface area contributed by atoms with E-state index in [0.29, 0.717) is 0 Å². The smallest absolute Gasteiger partial charge is 0.127 e. The van der Waals surface area contributed by atoms with E-state index in [9.17, 15) is 0 Å². The van der Waals surface area contributed by atoms with Crippen LogP contribution in [-0.4, -0.2) is 19.9 Å². The first kappa shape index (κ1) is 39.7. The van der Waals surface area contributed by atoms with E-state index in [2.05, 4.69) is 125 Å². The molecule has 0 saturated heterocycles. The minimum Gasteiger partial charge on any atom is -0.353 e. The topological polar surface area (TPSA) is 60.8 Å². The second-order valence-corrected chi connectivity index (χ2v) is 14.8. The van der Waals surface area contributed by atoms with E-state index in [-0.39, 0.29) is 0 Å². The largest absolute Gasteiger partial charge is 0.353 e. The van der Waals surface area contributed by atoms with Gasteiger partial charge in [0, 0.05) is 11.1 Å².